The van der Waals surface area contributed by atoms with E-state index < -0.39 is 38.3 Å². The number of halogens is 3. The van der Waals surface area contributed by atoms with E-state index in [-0.39, 0.29) is 10.6 Å². The maximum absolute atomic E-state index is 13.5. The summed E-state index contributed by atoms with van der Waals surface area (Å²) >= 11 is 0.861. The molecule has 0 radical (unpaired) electrons. The molecule has 0 aliphatic rings. The highest BCUT2D eigenvalue weighted by molar-refractivity contribution is 8.00. The molecule has 2 aromatic rings. The minimum atomic E-state index is -4.40. The predicted molar refractivity (Wildman–Crippen MR) is 81.9 cm³/mol. The summed E-state index contributed by atoms with van der Waals surface area (Å²) in [5.41, 5.74) is 1.87. The van der Waals surface area contributed by atoms with Gasteiger partial charge in [-0.2, -0.15) is 0 Å². The van der Waals surface area contributed by atoms with Crippen molar-refractivity contribution in [3.8, 4) is 0 Å². The van der Waals surface area contributed by atoms with Gasteiger partial charge in [-0.25, -0.2) is 21.6 Å². The lowest BCUT2D eigenvalue weighted by molar-refractivity contribution is -0.119. The molecule has 0 heterocycles. The third-order valence-electron chi connectivity index (χ3n) is 2.70. The van der Waals surface area contributed by atoms with Crippen LogP contribution >= 0.6 is 11.8 Å². The van der Waals surface area contributed by atoms with Gasteiger partial charge in [-0.1, -0.05) is 12.1 Å². The zero-order valence-corrected chi connectivity index (χ0v) is 13.6. The van der Waals surface area contributed by atoms with Crippen LogP contribution in [0.4, 0.5) is 13.2 Å². The number of hydrogen-bond donors (Lipinski definition) is 2. The first-order chi connectivity index (χ1) is 11.3. The smallest absolute Gasteiger partial charge is 0.260 e. The Bertz CT molecular complexity index is 860. The van der Waals surface area contributed by atoms with Crippen molar-refractivity contribution in [2.75, 3.05) is 5.75 Å². The van der Waals surface area contributed by atoms with E-state index >= 15 is 0 Å². The maximum Gasteiger partial charge on any atom is 0.260 e. The molecule has 2 aromatic carbocycles. The lowest BCUT2D eigenvalue weighted by Gasteiger charge is -2.09. The number of benzene rings is 2. The summed E-state index contributed by atoms with van der Waals surface area (Å²) in [6.07, 6.45) is 0. The molecule has 0 unspecified atom stereocenters. The molecule has 2 N–H and O–H groups in total. The SMILES string of the molecule is O=C(CSc1ccccc1F)NNS(=O)(=O)c1ccc(F)cc1F. The van der Waals surface area contributed by atoms with Gasteiger partial charge in [-0.05, 0) is 24.3 Å². The number of thioether (sulfide) groups is 1. The first kappa shape index (κ1) is 18.3. The molecule has 0 spiro atoms. The van der Waals surface area contributed by atoms with Gasteiger partial charge < -0.3 is 0 Å². The van der Waals surface area contributed by atoms with Crippen LogP contribution in [-0.2, 0) is 14.8 Å². The highest BCUT2D eigenvalue weighted by Crippen LogP contribution is 2.20. The number of rotatable bonds is 6. The highest BCUT2D eigenvalue weighted by Gasteiger charge is 2.20. The standard InChI is InChI=1S/C14H11F3N2O3S2/c15-9-5-6-13(11(17)7-9)24(21,22)19-18-14(20)8-23-12-4-2-1-3-10(12)16/h1-7,19H,8H2,(H,18,20). The number of hydrogen-bond acceptors (Lipinski definition) is 4. The molecular weight excluding hydrogens is 365 g/mol. The van der Waals surface area contributed by atoms with Crippen molar-refractivity contribution in [1.82, 2.24) is 10.3 Å². The van der Waals surface area contributed by atoms with E-state index in [2.05, 4.69) is 0 Å². The van der Waals surface area contributed by atoms with E-state index in [1.165, 1.54) is 18.2 Å². The van der Waals surface area contributed by atoms with E-state index in [4.69, 9.17) is 0 Å². The van der Waals surface area contributed by atoms with Gasteiger partial charge in [-0.3, -0.25) is 10.2 Å². The van der Waals surface area contributed by atoms with Gasteiger partial charge >= 0.3 is 0 Å². The molecule has 128 valence electrons. The third-order valence-corrected chi connectivity index (χ3v) is 5.03. The zero-order chi connectivity index (χ0) is 17.7. The molecule has 0 aliphatic carbocycles. The van der Waals surface area contributed by atoms with Crippen molar-refractivity contribution >= 4 is 27.7 Å². The second-order valence-corrected chi connectivity index (χ2v) is 7.12. The monoisotopic (exact) mass is 376 g/mol. The Balaban J connectivity index is 1.94. The fourth-order valence-corrected chi connectivity index (χ4v) is 3.27. The van der Waals surface area contributed by atoms with Crippen LogP contribution in [0.25, 0.3) is 0 Å². The molecule has 24 heavy (non-hydrogen) atoms. The van der Waals surface area contributed by atoms with Crippen molar-refractivity contribution in [2.24, 2.45) is 0 Å². The van der Waals surface area contributed by atoms with Crippen LogP contribution < -0.4 is 10.3 Å². The van der Waals surface area contributed by atoms with Crippen LogP contribution in [0.5, 0.6) is 0 Å². The lowest BCUT2D eigenvalue weighted by Crippen LogP contribution is -2.42. The lowest BCUT2D eigenvalue weighted by atomic mass is 10.3. The summed E-state index contributed by atoms with van der Waals surface area (Å²) in [6, 6.07) is 7.67. The van der Waals surface area contributed by atoms with Gasteiger partial charge in [-0.15, -0.1) is 16.6 Å². The van der Waals surface area contributed by atoms with Gasteiger partial charge in [0, 0.05) is 11.0 Å². The molecule has 5 nitrogen and oxygen atoms in total. The van der Waals surface area contributed by atoms with Gasteiger partial charge in [0.2, 0.25) is 5.91 Å². The van der Waals surface area contributed by atoms with E-state index in [0.717, 1.165) is 23.9 Å². The average molecular weight is 376 g/mol. The Kier molecular flexibility index (Phi) is 5.86. The number of nitrogens with one attached hydrogen (secondary N) is 2. The Morgan fingerprint density at radius 1 is 1.04 bits per heavy atom. The Labute approximate surface area is 140 Å². The number of sulfonamides is 1. The van der Waals surface area contributed by atoms with Crippen LogP contribution in [0, 0.1) is 17.5 Å². The molecule has 0 saturated heterocycles. The van der Waals surface area contributed by atoms with Crippen molar-refractivity contribution in [3.05, 3.63) is 59.9 Å². The van der Waals surface area contributed by atoms with E-state index in [0.29, 0.717) is 6.07 Å². The van der Waals surface area contributed by atoms with Crippen LogP contribution in [0.3, 0.4) is 0 Å². The topological polar surface area (TPSA) is 75.3 Å². The van der Waals surface area contributed by atoms with Crippen LogP contribution in [0.2, 0.25) is 0 Å². The molecular formula is C14H11F3N2O3S2. The first-order valence-electron chi connectivity index (χ1n) is 6.42. The largest absolute Gasteiger partial charge is 0.277 e. The first-order valence-corrected chi connectivity index (χ1v) is 8.89. The van der Waals surface area contributed by atoms with Gasteiger partial charge in [0.25, 0.3) is 10.0 Å². The Morgan fingerprint density at radius 2 is 1.75 bits per heavy atom. The second-order valence-electron chi connectivity index (χ2n) is 4.45. The average Bonchev–Trinajstić information content (AvgIpc) is 2.52. The summed E-state index contributed by atoms with van der Waals surface area (Å²) in [5, 5.41) is 0. The van der Waals surface area contributed by atoms with Gasteiger partial charge in [0.1, 0.15) is 22.3 Å². The van der Waals surface area contributed by atoms with E-state index in [9.17, 15) is 26.4 Å². The Hall–Kier alpha value is -2.04. The number of carbonyl (C=O) groups excluding carboxylic acids is 1. The molecule has 1 amide bonds. The summed E-state index contributed by atoms with van der Waals surface area (Å²) < 4.78 is 63.3. The summed E-state index contributed by atoms with van der Waals surface area (Å²) in [6.45, 7) is 0. The summed E-state index contributed by atoms with van der Waals surface area (Å²) in [4.78, 5) is 12.7. The number of carbonyl (C=O) groups is 1. The van der Waals surface area contributed by atoms with Crippen LogP contribution in [-0.4, -0.2) is 20.1 Å². The maximum atomic E-state index is 13.5. The molecule has 2 rings (SSSR count). The van der Waals surface area contributed by atoms with Crippen LogP contribution in [0.1, 0.15) is 0 Å². The van der Waals surface area contributed by atoms with Gasteiger partial charge in [0.05, 0.1) is 5.75 Å². The number of amides is 1. The highest BCUT2D eigenvalue weighted by atomic mass is 32.2. The molecule has 0 atom stereocenters. The molecule has 0 aliphatic heterocycles. The van der Waals surface area contributed by atoms with E-state index in [1.807, 2.05) is 5.43 Å². The predicted octanol–water partition coefficient (Wildman–Crippen LogP) is 2.21. The van der Waals surface area contributed by atoms with E-state index in [1.54, 1.807) is 10.9 Å². The normalized spacial score (nSPS) is 11.3. The molecule has 10 heteroatoms. The summed E-state index contributed by atoms with van der Waals surface area (Å²) in [7, 11) is -4.40. The van der Waals surface area contributed by atoms with Crippen molar-refractivity contribution in [1.29, 1.82) is 0 Å². The molecule has 0 saturated carbocycles. The summed E-state index contributed by atoms with van der Waals surface area (Å²) in [5.74, 6) is -3.78. The quantitative estimate of drug-likeness (QED) is 0.599. The zero-order valence-electron chi connectivity index (χ0n) is 11.9. The van der Waals surface area contributed by atoms with Crippen LogP contribution in [0.15, 0.2) is 52.3 Å². The van der Waals surface area contributed by atoms with Crippen molar-refractivity contribution in [2.45, 2.75) is 9.79 Å². The van der Waals surface area contributed by atoms with Gasteiger partial charge in [0.15, 0.2) is 0 Å². The van der Waals surface area contributed by atoms with Crippen molar-refractivity contribution in [3.63, 3.8) is 0 Å². The molecule has 0 aromatic heterocycles. The second kappa shape index (κ2) is 7.69. The third kappa shape index (κ3) is 4.73. The fraction of sp³-hybridized carbons (Fsp3) is 0.0714. The minimum absolute atomic E-state index is 0.222. The Morgan fingerprint density at radius 3 is 2.42 bits per heavy atom. The number of hydrazine groups is 1. The molecule has 0 fully saturated rings. The molecule has 0 bridgehead atoms. The minimum Gasteiger partial charge on any atom is -0.277 e. The fourth-order valence-electron chi connectivity index (χ4n) is 1.61. The van der Waals surface area contributed by atoms with Crippen molar-refractivity contribution < 1.29 is 26.4 Å².